The fraction of sp³-hybridized carbons (Fsp3) is 0.409. The van der Waals surface area contributed by atoms with Gasteiger partial charge in [-0.3, -0.25) is 9.69 Å². The molecule has 5 heteroatoms. The molecule has 138 valence electrons. The Bertz CT molecular complexity index is 1070. The van der Waals surface area contributed by atoms with E-state index in [0.717, 1.165) is 54.6 Å². The number of fused-ring (bicyclic) bond motifs is 3. The number of aromatic amines is 1. The first-order valence-electron chi connectivity index (χ1n) is 9.79. The van der Waals surface area contributed by atoms with Gasteiger partial charge in [0.15, 0.2) is 0 Å². The molecule has 1 unspecified atom stereocenters. The molecule has 1 N–H and O–H groups in total. The van der Waals surface area contributed by atoms with Crippen LogP contribution in [-0.4, -0.2) is 32.9 Å². The van der Waals surface area contributed by atoms with E-state index >= 15 is 0 Å². The molecule has 1 saturated heterocycles. The summed E-state index contributed by atoms with van der Waals surface area (Å²) in [4.78, 5) is 27.2. The van der Waals surface area contributed by atoms with Crippen molar-refractivity contribution in [1.29, 1.82) is 0 Å². The highest BCUT2D eigenvalue weighted by Gasteiger charge is 2.43. The number of hydrogen-bond donors (Lipinski definition) is 1. The molecule has 27 heavy (non-hydrogen) atoms. The molecule has 1 fully saturated rings. The predicted molar refractivity (Wildman–Crippen MR) is 106 cm³/mol. The summed E-state index contributed by atoms with van der Waals surface area (Å²) in [7, 11) is 0. The second-order valence-corrected chi connectivity index (χ2v) is 8.10. The Hall–Kier alpha value is -2.53. The monoisotopic (exact) mass is 360 g/mol. The Morgan fingerprint density at radius 1 is 1.26 bits per heavy atom. The van der Waals surface area contributed by atoms with E-state index in [4.69, 9.17) is 4.98 Å². The van der Waals surface area contributed by atoms with Gasteiger partial charge in [0, 0.05) is 35.8 Å². The van der Waals surface area contributed by atoms with E-state index in [1.807, 2.05) is 37.4 Å². The lowest BCUT2D eigenvalue weighted by Gasteiger charge is -2.40. The minimum atomic E-state index is 0.0262. The largest absolute Gasteiger partial charge is 0.322 e. The Kier molecular flexibility index (Phi) is 3.86. The van der Waals surface area contributed by atoms with E-state index < -0.39 is 0 Å². The molecule has 5 rings (SSSR count). The quantitative estimate of drug-likeness (QED) is 0.763. The lowest BCUT2D eigenvalue weighted by atomic mass is 9.77. The molecular weight excluding hydrogens is 336 g/mol. The van der Waals surface area contributed by atoms with Crippen molar-refractivity contribution < 1.29 is 0 Å². The van der Waals surface area contributed by atoms with Crippen molar-refractivity contribution in [3.8, 4) is 0 Å². The highest BCUT2D eigenvalue weighted by molar-refractivity contribution is 5.78. The average Bonchev–Trinajstić information content (AvgIpc) is 3.00. The molecular formula is C22H24N4O. The van der Waals surface area contributed by atoms with Gasteiger partial charge < -0.3 is 4.98 Å². The number of hydrogen-bond acceptors (Lipinski definition) is 4. The number of nitrogens with zero attached hydrogens (tertiary/aromatic N) is 3. The third-order valence-electron chi connectivity index (χ3n) is 6.24. The maximum absolute atomic E-state index is 12.6. The van der Waals surface area contributed by atoms with Gasteiger partial charge in [-0.05, 0) is 62.2 Å². The second-order valence-electron chi connectivity index (χ2n) is 8.10. The summed E-state index contributed by atoms with van der Waals surface area (Å²) in [6.45, 7) is 4.68. The number of para-hydroxylation sites is 1. The van der Waals surface area contributed by atoms with Crippen molar-refractivity contribution in [2.24, 2.45) is 0 Å². The first-order valence-corrected chi connectivity index (χ1v) is 9.79. The van der Waals surface area contributed by atoms with E-state index in [-0.39, 0.29) is 11.0 Å². The van der Waals surface area contributed by atoms with E-state index in [9.17, 15) is 4.79 Å². The molecule has 2 aliphatic rings. The molecule has 1 aromatic carbocycles. The Labute approximate surface area is 158 Å². The van der Waals surface area contributed by atoms with Gasteiger partial charge in [-0.1, -0.05) is 18.2 Å². The van der Waals surface area contributed by atoms with Gasteiger partial charge in [-0.15, -0.1) is 0 Å². The van der Waals surface area contributed by atoms with Crippen molar-refractivity contribution in [2.45, 2.75) is 44.6 Å². The van der Waals surface area contributed by atoms with Gasteiger partial charge >= 0.3 is 0 Å². The van der Waals surface area contributed by atoms with Gasteiger partial charge in [0.25, 0.3) is 5.56 Å². The molecule has 2 aromatic heterocycles. The van der Waals surface area contributed by atoms with E-state index in [0.29, 0.717) is 6.54 Å². The van der Waals surface area contributed by atoms with E-state index in [2.05, 4.69) is 20.9 Å². The summed E-state index contributed by atoms with van der Waals surface area (Å²) in [5, 5.41) is 1.09. The van der Waals surface area contributed by atoms with Crippen LogP contribution in [0.3, 0.4) is 0 Å². The number of aromatic nitrogens is 3. The summed E-state index contributed by atoms with van der Waals surface area (Å²) < 4.78 is 0. The van der Waals surface area contributed by atoms with Crippen LogP contribution in [0.4, 0.5) is 0 Å². The third-order valence-corrected chi connectivity index (χ3v) is 6.24. The number of benzene rings is 1. The summed E-state index contributed by atoms with van der Waals surface area (Å²) in [6, 6.07) is 10.0. The van der Waals surface area contributed by atoms with Crippen LogP contribution >= 0.6 is 0 Å². The smallest absolute Gasteiger partial charge is 0.252 e. The Morgan fingerprint density at radius 3 is 3.07 bits per heavy atom. The number of H-pyrrole nitrogens is 1. The highest BCUT2D eigenvalue weighted by atomic mass is 16.1. The van der Waals surface area contributed by atoms with Crippen LogP contribution in [0.5, 0.6) is 0 Å². The van der Waals surface area contributed by atoms with Crippen LogP contribution in [0.25, 0.3) is 10.9 Å². The van der Waals surface area contributed by atoms with Crippen LogP contribution in [0.2, 0.25) is 0 Å². The van der Waals surface area contributed by atoms with Crippen molar-refractivity contribution in [2.75, 3.05) is 13.1 Å². The molecule has 1 atom stereocenters. The standard InChI is InChI=1S/C22H24N4O/c1-15-23-12-17-7-9-22(20(17)24-15)8-4-10-26(14-22)13-18-11-16-5-2-3-6-19(16)25-21(18)27/h2-3,5-6,11-12H,4,7-10,13-14H2,1H3,(H,25,27). The zero-order chi connectivity index (χ0) is 18.4. The second kappa shape index (κ2) is 6.27. The zero-order valence-corrected chi connectivity index (χ0v) is 15.7. The van der Waals surface area contributed by atoms with Crippen LogP contribution in [0, 0.1) is 6.92 Å². The van der Waals surface area contributed by atoms with E-state index in [1.54, 1.807) is 0 Å². The summed E-state index contributed by atoms with van der Waals surface area (Å²) >= 11 is 0. The molecule has 1 spiro atoms. The van der Waals surface area contributed by atoms with Crippen molar-refractivity contribution in [1.82, 2.24) is 19.9 Å². The highest BCUT2D eigenvalue weighted by Crippen LogP contribution is 2.44. The average molecular weight is 360 g/mol. The van der Waals surface area contributed by atoms with Crippen LogP contribution < -0.4 is 5.56 Å². The SMILES string of the molecule is Cc1ncc2c(n1)C1(CCCN(Cc3cc4ccccc4[nH]c3=O)C1)CC2. The van der Waals surface area contributed by atoms with Gasteiger partial charge in [-0.25, -0.2) is 9.97 Å². The maximum atomic E-state index is 12.6. The molecule has 3 heterocycles. The third kappa shape index (κ3) is 2.86. The maximum Gasteiger partial charge on any atom is 0.252 e. The molecule has 3 aromatic rings. The minimum Gasteiger partial charge on any atom is -0.322 e. The molecule has 0 saturated carbocycles. The number of nitrogens with one attached hydrogen (secondary N) is 1. The summed E-state index contributed by atoms with van der Waals surface area (Å²) in [5.74, 6) is 0.859. The fourth-order valence-corrected chi connectivity index (χ4v) is 4.94. The topological polar surface area (TPSA) is 61.9 Å². The number of likely N-dealkylation sites (tertiary alicyclic amines) is 1. The summed E-state index contributed by atoms with van der Waals surface area (Å²) in [6.07, 6.45) is 6.56. The predicted octanol–water partition coefficient (Wildman–Crippen LogP) is 3.11. The number of rotatable bonds is 2. The van der Waals surface area contributed by atoms with Crippen LogP contribution in [0.15, 0.2) is 41.3 Å². The molecule has 5 nitrogen and oxygen atoms in total. The van der Waals surface area contributed by atoms with Gasteiger partial charge in [0.2, 0.25) is 0 Å². The van der Waals surface area contributed by atoms with Gasteiger partial charge in [0.05, 0.1) is 5.69 Å². The van der Waals surface area contributed by atoms with Crippen molar-refractivity contribution in [3.63, 3.8) is 0 Å². The van der Waals surface area contributed by atoms with Crippen LogP contribution in [-0.2, 0) is 18.4 Å². The Morgan fingerprint density at radius 2 is 2.15 bits per heavy atom. The fourth-order valence-electron chi connectivity index (χ4n) is 4.94. The van der Waals surface area contributed by atoms with Crippen LogP contribution in [0.1, 0.15) is 41.9 Å². The normalized spacial score (nSPS) is 22.4. The van der Waals surface area contributed by atoms with Gasteiger partial charge in [-0.2, -0.15) is 0 Å². The molecule has 0 amide bonds. The van der Waals surface area contributed by atoms with Crippen molar-refractivity contribution >= 4 is 10.9 Å². The number of pyridine rings is 1. The first-order chi connectivity index (χ1) is 13.1. The molecule has 0 bridgehead atoms. The lowest BCUT2D eigenvalue weighted by molar-refractivity contribution is 0.136. The number of piperidine rings is 1. The molecule has 1 aliphatic heterocycles. The lowest BCUT2D eigenvalue weighted by Crippen LogP contribution is -2.45. The first kappa shape index (κ1) is 16.6. The summed E-state index contributed by atoms with van der Waals surface area (Å²) in [5.41, 5.74) is 4.47. The van der Waals surface area contributed by atoms with Crippen molar-refractivity contribution in [3.05, 3.63) is 69.5 Å². The zero-order valence-electron chi connectivity index (χ0n) is 15.7. The minimum absolute atomic E-state index is 0.0262. The molecule has 0 radical (unpaired) electrons. The van der Waals surface area contributed by atoms with Gasteiger partial charge in [0.1, 0.15) is 5.82 Å². The molecule has 1 aliphatic carbocycles. The van der Waals surface area contributed by atoms with E-state index in [1.165, 1.54) is 17.7 Å². The number of aryl methyl sites for hydroxylation is 2. The Balaban J connectivity index is 1.44.